The number of halogens is 2. The molecular weight excluding hydrogens is 347 g/mol. The number of H-pyrrole nitrogens is 1. The Morgan fingerprint density at radius 1 is 1.30 bits per heavy atom. The first-order valence-corrected chi connectivity index (χ1v) is 8.10. The Balaban J connectivity index is 2.54. The Labute approximate surface area is 136 Å². The molecule has 2 rings (SSSR count). The van der Waals surface area contributed by atoms with E-state index in [9.17, 15) is 17.6 Å². The third kappa shape index (κ3) is 3.74. The first kappa shape index (κ1) is 17.1. The number of hydrogen-bond acceptors (Lipinski definition) is 4. The fourth-order valence-corrected chi connectivity index (χ4v) is 2.93. The highest BCUT2D eigenvalue weighted by atomic mass is 35.5. The van der Waals surface area contributed by atoms with Crippen molar-refractivity contribution < 1.29 is 16.8 Å². The molecule has 23 heavy (non-hydrogen) atoms. The van der Waals surface area contributed by atoms with Gasteiger partial charge in [-0.05, 0) is 24.3 Å². The number of rotatable bonds is 4. The molecule has 0 saturated heterocycles. The average molecular weight is 360 g/mol. The number of aromatic amines is 1. The van der Waals surface area contributed by atoms with Crippen molar-refractivity contribution >= 4 is 33.8 Å². The van der Waals surface area contributed by atoms with E-state index in [-0.39, 0.29) is 14.7 Å². The summed E-state index contributed by atoms with van der Waals surface area (Å²) in [6.07, 6.45) is 1.84. The van der Waals surface area contributed by atoms with Crippen LogP contribution in [-0.4, -0.2) is 38.7 Å². The van der Waals surface area contributed by atoms with Crippen molar-refractivity contribution in [3.63, 3.8) is 0 Å². The van der Waals surface area contributed by atoms with E-state index < -0.39 is 21.5 Å². The van der Waals surface area contributed by atoms with E-state index in [1.54, 1.807) is 14.1 Å². The zero-order valence-electron chi connectivity index (χ0n) is 12.2. The third-order valence-electron chi connectivity index (χ3n) is 2.67. The molecule has 0 saturated carbocycles. The molecule has 2 aromatic rings. The highest BCUT2D eigenvalue weighted by molar-refractivity contribution is 7.85. The Kier molecular flexibility index (Phi) is 4.81. The molecule has 1 heterocycles. The van der Waals surface area contributed by atoms with Crippen LogP contribution in [0, 0.1) is 5.82 Å². The number of aliphatic imine (C=N–C) groups is 1. The SMILES string of the molecule is CN(C)C=Nc1[nH]c(=O)[n+](S(=O)(=O)c2ccc(Cl)cc2)cc1F. The summed E-state index contributed by atoms with van der Waals surface area (Å²) in [6, 6.07) is 5.16. The minimum atomic E-state index is -4.24. The normalized spacial score (nSPS) is 11.8. The van der Waals surface area contributed by atoms with Gasteiger partial charge in [-0.1, -0.05) is 15.6 Å². The van der Waals surface area contributed by atoms with Crippen LogP contribution < -0.4 is 9.66 Å². The van der Waals surface area contributed by atoms with Gasteiger partial charge in [-0.15, -0.1) is 0 Å². The molecule has 1 N–H and O–H groups in total. The largest absolute Gasteiger partial charge is 0.513 e. The zero-order chi connectivity index (χ0) is 17.2. The van der Waals surface area contributed by atoms with Gasteiger partial charge >= 0.3 is 15.7 Å². The summed E-state index contributed by atoms with van der Waals surface area (Å²) in [4.78, 5) is 19.1. The number of hydrogen-bond donors (Lipinski definition) is 1. The lowest BCUT2D eigenvalue weighted by Gasteiger charge is -2.03. The van der Waals surface area contributed by atoms with Gasteiger partial charge in [0.05, 0.1) is 6.34 Å². The molecule has 0 unspecified atom stereocenters. The van der Waals surface area contributed by atoms with E-state index in [2.05, 4.69) is 9.98 Å². The van der Waals surface area contributed by atoms with Crippen LogP contribution in [0.4, 0.5) is 10.2 Å². The van der Waals surface area contributed by atoms with Crippen molar-refractivity contribution in [1.82, 2.24) is 9.88 Å². The lowest BCUT2D eigenvalue weighted by molar-refractivity contribution is -0.534. The van der Waals surface area contributed by atoms with Crippen LogP contribution in [0.15, 0.2) is 45.1 Å². The van der Waals surface area contributed by atoms with E-state index in [0.717, 1.165) is 0 Å². The second kappa shape index (κ2) is 6.47. The molecule has 0 aliphatic rings. The molecule has 122 valence electrons. The quantitative estimate of drug-likeness (QED) is 0.499. The van der Waals surface area contributed by atoms with Gasteiger partial charge in [0.15, 0.2) is 6.20 Å². The van der Waals surface area contributed by atoms with E-state index in [0.29, 0.717) is 11.2 Å². The molecule has 10 heteroatoms. The maximum Gasteiger partial charge on any atom is 0.513 e. The lowest BCUT2D eigenvalue weighted by atomic mass is 10.4. The van der Waals surface area contributed by atoms with Gasteiger partial charge in [-0.3, -0.25) is 0 Å². The van der Waals surface area contributed by atoms with Gasteiger partial charge in [0, 0.05) is 19.1 Å². The lowest BCUT2D eigenvalue weighted by Crippen LogP contribution is -2.56. The third-order valence-corrected chi connectivity index (χ3v) is 4.58. The molecule has 0 aliphatic carbocycles. The second-order valence-corrected chi connectivity index (χ2v) is 6.97. The predicted molar refractivity (Wildman–Crippen MR) is 83.1 cm³/mol. The Hall–Kier alpha value is -2.26. The van der Waals surface area contributed by atoms with Crippen LogP contribution in [0.5, 0.6) is 0 Å². The average Bonchev–Trinajstić information content (AvgIpc) is 2.48. The highest BCUT2D eigenvalue weighted by Gasteiger charge is 2.27. The summed E-state index contributed by atoms with van der Waals surface area (Å²) in [6.45, 7) is 0. The minimum Gasteiger partial charge on any atom is -0.369 e. The molecule has 0 atom stereocenters. The molecule has 1 aromatic carbocycles. The first-order valence-electron chi connectivity index (χ1n) is 6.28. The molecule has 0 radical (unpaired) electrons. The summed E-state index contributed by atoms with van der Waals surface area (Å²) in [5.74, 6) is -1.36. The molecule has 0 fully saturated rings. The molecule has 0 aliphatic heterocycles. The molecule has 1 aromatic heterocycles. The summed E-state index contributed by atoms with van der Waals surface area (Å²) < 4.78 is 39.0. The van der Waals surface area contributed by atoms with Gasteiger partial charge in [0.25, 0.3) is 5.82 Å². The van der Waals surface area contributed by atoms with Crippen molar-refractivity contribution in [2.75, 3.05) is 14.1 Å². The van der Waals surface area contributed by atoms with Gasteiger partial charge in [-0.2, -0.15) is 27.6 Å². The van der Waals surface area contributed by atoms with Crippen molar-refractivity contribution in [3.05, 3.63) is 51.8 Å². The number of nitrogens with one attached hydrogen (secondary N) is 1. The Bertz CT molecular complexity index is 908. The summed E-state index contributed by atoms with van der Waals surface area (Å²) in [7, 11) is -0.924. The van der Waals surface area contributed by atoms with E-state index in [1.165, 1.54) is 35.5 Å². The van der Waals surface area contributed by atoms with Gasteiger partial charge in [-0.25, -0.2) is 0 Å². The van der Waals surface area contributed by atoms with Crippen LogP contribution in [0.1, 0.15) is 0 Å². The van der Waals surface area contributed by atoms with Crippen molar-refractivity contribution in [2.45, 2.75) is 4.90 Å². The maximum absolute atomic E-state index is 14.0. The standard InChI is InChI=1S/C13H12ClFN4O3S/c1-18(2)8-16-12-11(15)7-19(13(20)17-12)23(21,22)10-5-3-9(14)4-6-10/h3-8H,1-2H3/p+1. The number of nitrogens with zero attached hydrogens (tertiary/aromatic N) is 3. The molecule has 0 amide bonds. The summed E-state index contributed by atoms with van der Waals surface area (Å²) in [5, 5.41) is 0.336. The summed E-state index contributed by atoms with van der Waals surface area (Å²) >= 11 is 5.70. The van der Waals surface area contributed by atoms with Crippen molar-refractivity contribution in [2.24, 2.45) is 4.99 Å². The molecule has 7 nitrogen and oxygen atoms in total. The predicted octanol–water partition coefficient (Wildman–Crippen LogP) is 0.913. The molecule has 0 bridgehead atoms. The first-order chi connectivity index (χ1) is 10.7. The van der Waals surface area contributed by atoms with Crippen LogP contribution in [0.3, 0.4) is 0 Å². The number of aromatic nitrogens is 2. The van der Waals surface area contributed by atoms with Crippen molar-refractivity contribution in [3.8, 4) is 0 Å². The summed E-state index contributed by atoms with van der Waals surface area (Å²) in [5.41, 5.74) is -1.03. The van der Waals surface area contributed by atoms with Crippen LogP contribution in [0.25, 0.3) is 0 Å². The Morgan fingerprint density at radius 3 is 2.48 bits per heavy atom. The van der Waals surface area contributed by atoms with Crippen LogP contribution >= 0.6 is 11.6 Å². The van der Waals surface area contributed by atoms with Crippen LogP contribution in [0.2, 0.25) is 5.02 Å². The molecule has 0 spiro atoms. The maximum atomic E-state index is 14.0. The topological polar surface area (TPSA) is 86.5 Å². The smallest absolute Gasteiger partial charge is 0.369 e. The highest BCUT2D eigenvalue weighted by Crippen LogP contribution is 2.14. The fraction of sp³-hybridized carbons (Fsp3) is 0.154. The van der Waals surface area contributed by atoms with E-state index in [4.69, 9.17) is 11.6 Å². The van der Waals surface area contributed by atoms with E-state index >= 15 is 0 Å². The van der Waals surface area contributed by atoms with Gasteiger partial charge < -0.3 is 4.90 Å². The van der Waals surface area contributed by atoms with Gasteiger partial charge in [0.2, 0.25) is 5.82 Å². The van der Waals surface area contributed by atoms with Crippen LogP contribution in [-0.2, 0) is 10.0 Å². The zero-order valence-corrected chi connectivity index (χ0v) is 13.8. The number of benzene rings is 1. The monoisotopic (exact) mass is 359 g/mol. The fourth-order valence-electron chi connectivity index (χ4n) is 1.60. The second-order valence-electron chi connectivity index (χ2n) is 4.72. The minimum absolute atomic E-state index is 0.193. The molecular formula is C13H13ClFN4O3S+. The Morgan fingerprint density at radius 2 is 1.91 bits per heavy atom. The van der Waals surface area contributed by atoms with Gasteiger partial charge in [0.1, 0.15) is 4.90 Å². The van der Waals surface area contributed by atoms with E-state index in [1.807, 2.05) is 0 Å². The van der Waals surface area contributed by atoms with Crippen molar-refractivity contribution in [1.29, 1.82) is 0 Å².